The standard InChI is InChI=1S/C19H22N4O4S/c1-11-6-7-22-14-5-4-13(23(26)27)9-12(14)10-19(15(22)8-11)16(24)20(2)18(28)21(3)17(19)25/h4-5,9,11,15H,6-8,10H2,1-3H3/t11-,15+/m0/s1. The normalized spacial score (nSPS) is 26.4. The number of nitrogens with zero attached hydrogens (tertiary/aromatic N) is 4. The lowest BCUT2D eigenvalue weighted by Crippen LogP contribution is -2.72. The van der Waals surface area contributed by atoms with Gasteiger partial charge in [-0.2, -0.15) is 0 Å². The Morgan fingerprint density at radius 3 is 2.46 bits per heavy atom. The van der Waals surface area contributed by atoms with Crippen molar-refractivity contribution in [1.29, 1.82) is 0 Å². The first-order valence-electron chi connectivity index (χ1n) is 9.32. The molecule has 0 radical (unpaired) electrons. The first-order valence-corrected chi connectivity index (χ1v) is 9.73. The van der Waals surface area contributed by atoms with Crippen LogP contribution in [0.5, 0.6) is 0 Å². The number of amides is 2. The number of hydrogen-bond acceptors (Lipinski definition) is 6. The van der Waals surface area contributed by atoms with Gasteiger partial charge in [0.15, 0.2) is 10.5 Å². The topological polar surface area (TPSA) is 87.0 Å². The molecule has 4 rings (SSSR count). The van der Waals surface area contributed by atoms with Crippen LogP contribution in [0, 0.1) is 21.4 Å². The van der Waals surface area contributed by atoms with E-state index in [0.29, 0.717) is 24.4 Å². The second kappa shape index (κ2) is 6.23. The van der Waals surface area contributed by atoms with Crippen molar-refractivity contribution in [2.24, 2.45) is 11.3 Å². The third kappa shape index (κ3) is 2.38. The van der Waals surface area contributed by atoms with Crippen molar-refractivity contribution in [3.8, 4) is 0 Å². The number of anilines is 1. The predicted molar refractivity (Wildman–Crippen MR) is 107 cm³/mol. The summed E-state index contributed by atoms with van der Waals surface area (Å²) in [6, 6.07) is 4.44. The summed E-state index contributed by atoms with van der Waals surface area (Å²) in [5.74, 6) is -0.258. The van der Waals surface area contributed by atoms with E-state index in [1.165, 1.54) is 21.9 Å². The molecule has 2 atom stereocenters. The quantitative estimate of drug-likeness (QED) is 0.309. The molecule has 2 saturated heterocycles. The zero-order valence-corrected chi connectivity index (χ0v) is 16.9. The SMILES string of the molecule is C[C@H]1CCN2c3ccc([N+](=O)[O-])cc3CC3(C(=O)N(C)C(=S)N(C)C3=O)[C@H]2C1. The molecule has 0 N–H and O–H groups in total. The number of thiocarbonyl (C=S) groups is 1. The van der Waals surface area contributed by atoms with Crippen LogP contribution in [0.2, 0.25) is 0 Å². The number of nitro benzene ring substituents is 1. The van der Waals surface area contributed by atoms with Gasteiger partial charge >= 0.3 is 0 Å². The van der Waals surface area contributed by atoms with E-state index < -0.39 is 10.3 Å². The Bertz CT molecular complexity index is 893. The van der Waals surface area contributed by atoms with Crippen LogP contribution in [0.15, 0.2) is 18.2 Å². The first-order chi connectivity index (χ1) is 13.2. The minimum atomic E-state index is -1.32. The Hall–Kier alpha value is -2.55. The third-order valence-electron chi connectivity index (χ3n) is 6.43. The molecule has 1 spiro atoms. The van der Waals surface area contributed by atoms with Gasteiger partial charge in [0, 0.05) is 44.9 Å². The Balaban J connectivity index is 1.92. The maximum atomic E-state index is 13.5. The lowest BCUT2D eigenvalue weighted by Gasteiger charge is -2.56. The summed E-state index contributed by atoms with van der Waals surface area (Å²) in [6.45, 7) is 2.84. The molecule has 3 heterocycles. The van der Waals surface area contributed by atoms with Gasteiger partial charge in [-0.25, -0.2) is 0 Å². The van der Waals surface area contributed by atoms with Crippen molar-refractivity contribution in [3.05, 3.63) is 33.9 Å². The fourth-order valence-electron chi connectivity index (χ4n) is 4.95. The van der Waals surface area contributed by atoms with Crippen LogP contribution in [0.4, 0.5) is 11.4 Å². The van der Waals surface area contributed by atoms with Gasteiger partial charge in [-0.15, -0.1) is 0 Å². The minimum absolute atomic E-state index is 0.0364. The largest absolute Gasteiger partial charge is 0.367 e. The maximum absolute atomic E-state index is 13.5. The lowest BCUT2D eigenvalue weighted by atomic mass is 9.64. The van der Waals surface area contributed by atoms with Crippen LogP contribution in [0.3, 0.4) is 0 Å². The van der Waals surface area contributed by atoms with E-state index in [4.69, 9.17) is 12.2 Å². The molecule has 8 nitrogen and oxygen atoms in total. The molecule has 2 fully saturated rings. The van der Waals surface area contributed by atoms with Crippen molar-refractivity contribution in [3.63, 3.8) is 0 Å². The number of carbonyl (C=O) groups excluding carboxylic acids is 2. The molecular formula is C19H22N4O4S. The predicted octanol–water partition coefficient (Wildman–Crippen LogP) is 1.96. The summed E-state index contributed by atoms with van der Waals surface area (Å²) in [5, 5.41) is 11.5. The number of nitro groups is 1. The van der Waals surface area contributed by atoms with Crippen LogP contribution < -0.4 is 4.90 Å². The van der Waals surface area contributed by atoms with E-state index in [1.54, 1.807) is 20.2 Å². The van der Waals surface area contributed by atoms with Gasteiger partial charge in [0.2, 0.25) is 11.8 Å². The number of benzene rings is 1. The van der Waals surface area contributed by atoms with E-state index in [2.05, 4.69) is 11.8 Å². The Kier molecular flexibility index (Phi) is 4.18. The summed E-state index contributed by atoms with van der Waals surface area (Å²) in [7, 11) is 3.18. The van der Waals surface area contributed by atoms with Gasteiger partial charge in [0.25, 0.3) is 5.69 Å². The molecule has 0 saturated carbocycles. The molecule has 3 aliphatic heterocycles. The van der Waals surface area contributed by atoms with Crippen LogP contribution in [0.1, 0.15) is 25.3 Å². The van der Waals surface area contributed by atoms with E-state index in [-0.39, 0.29) is 35.1 Å². The van der Waals surface area contributed by atoms with Crippen molar-refractivity contribution >= 4 is 40.5 Å². The van der Waals surface area contributed by atoms with Gasteiger partial charge in [-0.3, -0.25) is 29.5 Å². The summed E-state index contributed by atoms with van der Waals surface area (Å²) in [6.07, 6.45) is 1.80. The van der Waals surface area contributed by atoms with Crippen LogP contribution in [-0.2, 0) is 16.0 Å². The summed E-state index contributed by atoms with van der Waals surface area (Å²) >= 11 is 5.27. The zero-order chi connectivity index (χ0) is 20.4. The molecule has 3 aliphatic rings. The molecular weight excluding hydrogens is 380 g/mol. The fourth-order valence-corrected chi connectivity index (χ4v) is 5.11. The fraction of sp³-hybridized carbons (Fsp3) is 0.526. The van der Waals surface area contributed by atoms with E-state index in [0.717, 1.165) is 12.1 Å². The lowest BCUT2D eigenvalue weighted by molar-refractivity contribution is -0.384. The minimum Gasteiger partial charge on any atom is -0.367 e. The van der Waals surface area contributed by atoms with Gasteiger partial charge in [0.1, 0.15) is 0 Å². The summed E-state index contributed by atoms with van der Waals surface area (Å²) < 4.78 is 0. The van der Waals surface area contributed by atoms with Gasteiger partial charge < -0.3 is 4.90 Å². The van der Waals surface area contributed by atoms with Crippen LogP contribution >= 0.6 is 12.2 Å². The van der Waals surface area contributed by atoms with E-state index in [1.807, 2.05) is 0 Å². The second-order valence-electron chi connectivity index (χ2n) is 8.07. The Morgan fingerprint density at radius 2 is 1.86 bits per heavy atom. The molecule has 0 unspecified atom stereocenters. The third-order valence-corrected chi connectivity index (χ3v) is 6.98. The van der Waals surface area contributed by atoms with Gasteiger partial charge in [-0.05, 0) is 42.6 Å². The molecule has 1 aromatic rings. The Morgan fingerprint density at radius 1 is 1.21 bits per heavy atom. The molecule has 0 aliphatic carbocycles. The maximum Gasteiger partial charge on any atom is 0.269 e. The number of rotatable bonds is 1. The van der Waals surface area contributed by atoms with Crippen molar-refractivity contribution < 1.29 is 14.5 Å². The molecule has 0 aromatic heterocycles. The second-order valence-corrected chi connectivity index (χ2v) is 8.43. The van der Waals surface area contributed by atoms with Crippen molar-refractivity contribution in [2.45, 2.75) is 32.2 Å². The van der Waals surface area contributed by atoms with Crippen molar-refractivity contribution in [2.75, 3.05) is 25.5 Å². The summed E-state index contributed by atoms with van der Waals surface area (Å²) in [5.41, 5.74) is 0.192. The van der Waals surface area contributed by atoms with Crippen LogP contribution in [0.25, 0.3) is 0 Å². The number of fused-ring (bicyclic) bond motifs is 4. The van der Waals surface area contributed by atoms with E-state index >= 15 is 0 Å². The zero-order valence-electron chi connectivity index (χ0n) is 16.0. The molecule has 1 aromatic carbocycles. The van der Waals surface area contributed by atoms with Crippen molar-refractivity contribution in [1.82, 2.24) is 9.80 Å². The average Bonchev–Trinajstić information content (AvgIpc) is 2.68. The average molecular weight is 402 g/mol. The first kappa shape index (κ1) is 18.8. The highest BCUT2D eigenvalue weighted by atomic mass is 32.1. The molecule has 0 bridgehead atoms. The molecule has 148 valence electrons. The number of non-ortho nitro benzene ring substituents is 1. The van der Waals surface area contributed by atoms with E-state index in [9.17, 15) is 19.7 Å². The van der Waals surface area contributed by atoms with Gasteiger partial charge in [-0.1, -0.05) is 6.92 Å². The monoisotopic (exact) mass is 402 g/mol. The molecule has 9 heteroatoms. The smallest absolute Gasteiger partial charge is 0.269 e. The summed E-state index contributed by atoms with van der Waals surface area (Å²) in [4.78, 5) is 42.7. The van der Waals surface area contributed by atoms with Gasteiger partial charge in [0.05, 0.1) is 11.0 Å². The molecule has 2 amide bonds. The highest BCUT2D eigenvalue weighted by Crippen LogP contribution is 2.49. The number of hydrogen-bond donors (Lipinski definition) is 0. The highest BCUT2D eigenvalue weighted by Gasteiger charge is 2.62. The number of carbonyl (C=O) groups is 2. The number of piperidine rings is 1. The molecule has 28 heavy (non-hydrogen) atoms. The van der Waals surface area contributed by atoms with Crippen LogP contribution in [-0.4, -0.2) is 58.3 Å². The highest BCUT2D eigenvalue weighted by molar-refractivity contribution is 7.80. The Labute approximate surface area is 168 Å².